The van der Waals surface area contributed by atoms with Gasteiger partial charge in [-0.25, -0.2) is 0 Å². The lowest BCUT2D eigenvalue weighted by molar-refractivity contribution is 0.143. The van der Waals surface area contributed by atoms with Crippen LogP contribution in [0.25, 0.3) is 0 Å². The molecule has 0 saturated carbocycles. The Morgan fingerprint density at radius 3 is 2.37 bits per heavy atom. The van der Waals surface area contributed by atoms with Crippen LogP contribution in [0.1, 0.15) is 41.6 Å². The number of methoxy groups -OCH3 is 1. The summed E-state index contributed by atoms with van der Waals surface area (Å²) in [6.45, 7) is 9.40. The smallest absolute Gasteiger partial charge is 0.0616 e. The van der Waals surface area contributed by atoms with E-state index in [1.807, 2.05) is 0 Å². The van der Waals surface area contributed by atoms with Gasteiger partial charge < -0.3 is 15.2 Å². The molecule has 0 saturated heterocycles. The van der Waals surface area contributed by atoms with Gasteiger partial charge in [-0.15, -0.1) is 0 Å². The number of hydrogen-bond acceptors (Lipinski definition) is 3. The molecular weight excluding hydrogens is 238 g/mol. The lowest BCUT2D eigenvalue weighted by Crippen LogP contribution is -2.36. The van der Waals surface area contributed by atoms with Crippen molar-refractivity contribution in [3.8, 4) is 0 Å². The van der Waals surface area contributed by atoms with E-state index in [1.54, 1.807) is 7.11 Å². The third-order valence-electron chi connectivity index (χ3n) is 3.68. The minimum atomic E-state index is 0.180. The van der Waals surface area contributed by atoms with Gasteiger partial charge >= 0.3 is 0 Å². The van der Waals surface area contributed by atoms with Gasteiger partial charge in [-0.3, -0.25) is 0 Å². The van der Waals surface area contributed by atoms with Crippen molar-refractivity contribution in [2.75, 3.05) is 20.3 Å². The molecule has 0 aromatic heterocycles. The Bertz CT molecular complexity index is 398. The average molecular weight is 265 g/mol. The maximum absolute atomic E-state index is 9.09. The van der Waals surface area contributed by atoms with Crippen LogP contribution < -0.4 is 5.32 Å². The normalized spacial score (nSPS) is 14.4. The maximum Gasteiger partial charge on any atom is 0.0616 e. The monoisotopic (exact) mass is 265 g/mol. The predicted molar refractivity (Wildman–Crippen MR) is 79.6 cm³/mol. The Balaban J connectivity index is 2.81. The van der Waals surface area contributed by atoms with E-state index in [0.717, 1.165) is 0 Å². The zero-order valence-corrected chi connectivity index (χ0v) is 12.8. The summed E-state index contributed by atoms with van der Waals surface area (Å²) in [6.07, 6.45) is 0.710. The van der Waals surface area contributed by atoms with Crippen molar-refractivity contribution in [2.24, 2.45) is 0 Å². The fourth-order valence-electron chi connectivity index (χ4n) is 2.46. The first-order chi connectivity index (χ1) is 8.99. The van der Waals surface area contributed by atoms with Crippen LogP contribution in [0.2, 0.25) is 0 Å². The van der Waals surface area contributed by atoms with Crippen molar-refractivity contribution in [1.82, 2.24) is 5.32 Å². The molecule has 0 spiro atoms. The Hall–Kier alpha value is -0.900. The van der Waals surface area contributed by atoms with E-state index in [-0.39, 0.29) is 18.7 Å². The molecule has 0 aliphatic rings. The number of aryl methyl sites for hydroxylation is 3. The first-order valence-corrected chi connectivity index (χ1v) is 6.93. The van der Waals surface area contributed by atoms with Crippen LogP contribution >= 0.6 is 0 Å². The molecule has 3 heteroatoms. The number of nitrogens with one attached hydrogen (secondary N) is 1. The standard InChI is InChI=1S/C16H27NO2/c1-11-8-13(3)16(9-12(11)2)14(4)17-15(6-7-18)10-19-5/h8-9,14-15,17-18H,6-7,10H2,1-5H3. The number of rotatable bonds is 7. The molecule has 1 aromatic carbocycles. The van der Waals surface area contributed by atoms with Crippen LogP contribution in [0.4, 0.5) is 0 Å². The average Bonchev–Trinajstić information content (AvgIpc) is 2.34. The third kappa shape index (κ3) is 4.60. The minimum absolute atomic E-state index is 0.180. The van der Waals surface area contributed by atoms with Crippen LogP contribution in [0.5, 0.6) is 0 Å². The van der Waals surface area contributed by atoms with Gasteiger partial charge in [0, 0.05) is 25.8 Å². The van der Waals surface area contributed by atoms with Crippen molar-refractivity contribution in [3.63, 3.8) is 0 Å². The molecule has 2 N–H and O–H groups in total. The van der Waals surface area contributed by atoms with Crippen molar-refractivity contribution < 1.29 is 9.84 Å². The first-order valence-electron chi connectivity index (χ1n) is 6.93. The van der Waals surface area contributed by atoms with E-state index >= 15 is 0 Å². The highest BCUT2D eigenvalue weighted by atomic mass is 16.5. The highest BCUT2D eigenvalue weighted by Gasteiger charge is 2.15. The van der Waals surface area contributed by atoms with Gasteiger partial charge in [-0.2, -0.15) is 0 Å². The summed E-state index contributed by atoms with van der Waals surface area (Å²) < 4.78 is 5.19. The molecule has 1 aromatic rings. The van der Waals surface area contributed by atoms with Crippen LogP contribution in [0.3, 0.4) is 0 Å². The van der Waals surface area contributed by atoms with Crippen molar-refractivity contribution in [2.45, 2.75) is 46.2 Å². The summed E-state index contributed by atoms with van der Waals surface area (Å²) in [4.78, 5) is 0. The summed E-state index contributed by atoms with van der Waals surface area (Å²) in [6, 6.07) is 4.93. The summed E-state index contributed by atoms with van der Waals surface area (Å²) >= 11 is 0. The SMILES string of the molecule is COCC(CCO)NC(C)c1cc(C)c(C)cc1C. The number of aliphatic hydroxyl groups is 1. The number of aliphatic hydroxyl groups excluding tert-OH is 1. The zero-order valence-electron chi connectivity index (χ0n) is 12.8. The largest absolute Gasteiger partial charge is 0.396 e. The Kier molecular flexibility index (Phi) is 6.49. The van der Waals surface area contributed by atoms with Gasteiger partial charge in [0.2, 0.25) is 0 Å². The maximum atomic E-state index is 9.09. The van der Waals surface area contributed by atoms with Crippen LogP contribution in [-0.4, -0.2) is 31.5 Å². The Morgan fingerprint density at radius 2 is 1.79 bits per heavy atom. The third-order valence-corrected chi connectivity index (χ3v) is 3.68. The lowest BCUT2D eigenvalue weighted by Gasteiger charge is -2.24. The second-order valence-electron chi connectivity index (χ2n) is 5.35. The molecule has 0 amide bonds. The number of hydrogen-bond donors (Lipinski definition) is 2. The van der Waals surface area contributed by atoms with Crippen LogP contribution in [-0.2, 0) is 4.74 Å². The van der Waals surface area contributed by atoms with Gasteiger partial charge in [0.15, 0.2) is 0 Å². The van der Waals surface area contributed by atoms with Gasteiger partial charge in [0.05, 0.1) is 6.61 Å². The second-order valence-corrected chi connectivity index (χ2v) is 5.35. The van der Waals surface area contributed by atoms with E-state index in [9.17, 15) is 0 Å². The fraction of sp³-hybridized carbons (Fsp3) is 0.625. The molecule has 108 valence electrons. The lowest BCUT2D eigenvalue weighted by atomic mass is 9.96. The predicted octanol–water partition coefficient (Wildman–Crippen LogP) is 2.66. The molecule has 0 bridgehead atoms. The van der Waals surface area contributed by atoms with Gasteiger partial charge in [0.25, 0.3) is 0 Å². The Labute approximate surface area is 117 Å². The van der Waals surface area contributed by atoms with E-state index in [2.05, 4.69) is 45.1 Å². The molecule has 0 fully saturated rings. The number of benzene rings is 1. The quantitative estimate of drug-likeness (QED) is 0.796. The molecule has 0 radical (unpaired) electrons. The van der Waals surface area contributed by atoms with Crippen LogP contribution in [0.15, 0.2) is 12.1 Å². The van der Waals surface area contributed by atoms with Crippen molar-refractivity contribution in [3.05, 3.63) is 34.4 Å². The van der Waals surface area contributed by atoms with E-state index in [0.29, 0.717) is 13.0 Å². The highest BCUT2D eigenvalue weighted by molar-refractivity contribution is 5.38. The molecule has 0 aliphatic heterocycles. The molecule has 0 heterocycles. The van der Waals surface area contributed by atoms with E-state index in [4.69, 9.17) is 9.84 Å². The molecule has 1 rings (SSSR count). The molecule has 2 atom stereocenters. The molecular formula is C16H27NO2. The van der Waals surface area contributed by atoms with Gasteiger partial charge in [-0.1, -0.05) is 12.1 Å². The molecule has 3 nitrogen and oxygen atoms in total. The summed E-state index contributed by atoms with van der Waals surface area (Å²) in [5.74, 6) is 0. The van der Waals surface area contributed by atoms with Crippen molar-refractivity contribution >= 4 is 0 Å². The summed E-state index contributed by atoms with van der Waals surface area (Å²) in [7, 11) is 1.69. The van der Waals surface area contributed by atoms with Crippen molar-refractivity contribution in [1.29, 1.82) is 0 Å². The highest BCUT2D eigenvalue weighted by Crippen LogP contribution is 2.22. The van der Waals surface area contributed by atoms with Crippen LogP contribution in [0, 0.1) is 20.8 Å². The van der Waals surface area contributed by atoms with Gasteiger partial charge in [-0.05, 0) is 56.4 Å². The molecule has 2 unspecified atom stereocenters. The topological polar surface area (TPSA) is 41.5 Å². The van der Waals surface area contributed by atoms with Gasteiger partial charge in [0.1, 0.15) is 0 Å². The minimum Gasteiger partial charge on any atom is -0.396 e. The molecule has 0 aliphatic carbocycles. The van der Waals surface area contributed by atoms with E-state index < -0.39 is 0 Å². The summed E-state index contributed by atoms with van der Waals surface area (Å²) in [5.41, 5.74) is 5.28. The summed E-state index contributed by atoms with van der Waals surface area (Å²) in [5, 5.41) is 12.6. The second kappa shape index (κ2) is 7.63. The zero-order chi connectivity index (χ0) is 14.4. The molecule has 19 heavy (non-hydrogen) atoms. The Morgan fingerprint density at radius 1 is 1.16 bits per heavy atom. The fourth-order valence-corrected chi connectivity index (χ4v) is 2.46. The van der Waals surface area contributed by atoms with E-state index in [1.165, 1.54) is 22.3 Å². The number of ether oxygens (including phenoxy) is 1. The first kappa shape index (κ1) is 16.2.